The van der Waals surface area contributed by atoms with Gasteiger partial charge in [-0.15, -0.1) is 0 Å². The minimum atomic E-state index is -4.65. The maximum atomic E-state index is 13.0. The van der Waals surface area contributed by atoms with E-state index in [0.29, 0.717) is 17.7 Å². The molecule has 2 aromatic carbocycles. The first-order valence-electron chi connectivity index (χ1n) is 8.56. The standard InChI is InChI=1S/C19H19F3N2O2/c20-19(21,22)15-10-17(12-18(11-15)24(25)26)23-16-8-6-14(7-9-16)13-4-2-1-3-5-13/h6-13,23H,1-5H2. The Morgan fingerprint density at radius 1 is 0.962 bits per heavy atom. The van der Waals surface area contributed by atoms with Crippen LogP contribution in [0, 0.1) is 10.1 Å². The van der Waals surface area contributed by atoms with Gasteiger partial charge in [-0.3, -0.25) is 10.1 Å². The first-order valence-corrected chi connectivity index (χ1v) is 8.56. The molecule has 0 heterocycles. The number of nitrogens with one attached hydrogen (secondary N) is 1. The number of alkyl halides is 3. The van der Waals surface area contributed by atoms with Gasteiger partial charge >= 0.3 is 6.18 Å². The van der Waals surface area contributed by atoms with Gasteiger partial charge in [-0.05, 0) is 42.5 Å². The normalized spacial score (nSPS) is 15.7. The van der Waals surface area contributed by atoms with E-state index in [0.717, 1.165) is 25.0 Å². The first kappa shape index (κ1) is 18.2. The number of halogens is 3. The van der Waals surface area contributed by atoms with Gasteiger partial charge in [-0.2, -0.15) is 13.2 Å². The van der Waals surface area contributed by atoms with Gasteiger partial charge in [0, 0.05) is 23.5 Å². The SMILES string of the molecule is O=[N+]([O-])c1cc(Nc2ccc(C3CCCCC3)cc2)cc(C(F)(F)F)c1. The van der Waals surface area contributed by atoms with Gasteiger partial charge < -0.3 is 5.32 Å². The summed E-state index contributed by atoms with van der Waals surface area (Å²) in [4.78, 5) is 10.1. The lowest BCUT2D eigenvalue weighted by Crippen LogP contribution is -2.07. The Bertz CT molecular complexity index is 782. The predicted octanol–water partition coefficient (Wildman–Crippen LogP) is 6.40. The molecule has 0 saturated heterocycles. The van der Waals surface area contributed by atoms with Crippen molar-refractivity contribution < 1.29 is 18.1 Å². The molecule has 138 valence electrons. The van der Waals surface area contributed by atoms with Crippen molar-refractivity contribution in [2.24, 2.45) is 0 Å². The van der Waals surface area contributed by atoms with Crippen LogP contribution in [-0.4, -0.2) is 4.92 Å². The molecule has 0 spiro atoms. The molecule has 0 unspecified atom stereocenters. The number of nitro groups is 1. The summed E-state index contributed by atoms with van der Waals surface area (Å²) in [6.07, 6.45) is 1.38. The Morgan fingerprint density at radius 3 is 2.19 bits per heavy atom. The number of anilines is 2. The zero-order chi connectivity index (χ0) is 18.7. The van der Waals surface area contributed by atoms with Crippen LogP contribution in [0.3, 0.4) is 0 Å². The van der Waals surface area contributed by atoms with Crippen molar-refractivity contribution in [3.63, 3.8) is 0 Å². The molecule has 7 heteroatoms. The van der Waals surface area contributed by atoms with Crippen LogP contribution in [0.1, 0.15) is 49.1 Å². The number of nitro benzene ring substituents is 1. The molecule has 1 fully saturated rings. The van der Waals surface area contributed by atoms with Crippen molar-refractivity contribution >= 4 is 17.1 Å². The molecular weight excluding hydrogens is 345 g/mol. The second-order valence-electron chi connectivity index (χ2n) is 6.61. The van der Waals surface area contributed by atoms with E-state index < -0.39 is 22.4 Å². The fourth-order valence-electron chi connectivity index (χ4n) is 3.39. The smallest absolute Gasteiger partial charge is 0.355 e. The lowest BCUT2D eigenvalue weighted by molar-refractivity contribution is -0.385. The van der Waals surface area contributed by atoms with Crippen molar-refractivity contribution in [3.8, 4) is 0 Å². The average Bonchev–Trinajstić information content (AvgIpc) is 2.62. The average molecular weight is 364 g/mol. The second kappa shape index (κ2) is 7.35. The molecule has 1 N–H and O–H groups in total. The van der Waals surface area contributed by atoms with E-state index in [1.165, 1.54) is 24.8 Å². The van der Waals surface area contributed by atoms with Crippen molar-refractivity contribution in [3.05, 3.63) is 63.7 Å². The molecule has 0 atom stereocenters. The summed E-state index contributed by atoms with van der Waals surface area (Å²) in [5.41, 5.74) is 0.217. The molecule has 0 radical (unpaired) electrons. The van der Waals surface area contributed by atoms with E-state index in [9.17, 15) is 23.3 Å². The summed E-state index contributed by atoms with van der Waals surface area (Å²) in [5.74, 6) is 0.535. The molecule has 4 nitrogen and oxygen atoms in total. The highest BCUT2D eigenvalue weighted by Gasteiger charge is 2.32. The van der Waals surface area contributed by atoms with Crippen molar-refractivity contribution in [2.45, 2.75) is 44.2 Å². The van der Waals surface area contributed by atoms with Gasteiger partial charge in [0.05, 0.1) is 10.5 Å². The van der Waals surface area contributed by atoms with Crippen LogP contribution in [0.4, 0.5) is 30.2 Å². The van der Waals surface area contributed by atoms with Crippen LogP contribution in [0.5, 0.6) is 0 Å². The van der Waals surface area contributed by atoms with E-state index in [-0.39, 0.29) is 5.69 Å². The number of non-ortho nitro benzene ring substituents is 1. The molecule has 1 aliphatic carbocycles. The van der Waals surface area contributed by atoms with Crippen LogP contribution in [0.15, 0.2) is 42.5 Å². The highest BCUT2D eigenvalue weighted by atomic mass is 19.4. The fourth-order valence-corrected chi connectivity index (χ4v) is 3.39. The Labute approximate surface area is 149 Å². The van der Waals surface area contributed by atoms with E-state index in [2.05, 4.69) is 5.32 Å². The number of hydrogen-bond acceptors (Lipinski definition) is 3. The zero-order valence-electron chi connectivity index (χ0n) is 14.1. The van der Waals surface area contributed by atoms with E-state index >= 15 is 0 Å². The third kappa shape index (κ3) is 4.33. The number of hydrogen-bond donors (Lipinski definition) is 1. The number of benzene rings is 2. The Morgan fingerprint density at radius 2 is 1.62 bits per heavy atom. The highest BCUT2D eigenvalue weighted by molar-refractivity contribution is 5.64. The van der Waals surface area contributed by atoms with E-state index in [1.54, 1.807) is 12.1 Å². The lowest BCUT2D eigenvalue weighted by atomic mass is 9.84. The lowest BCUT2D eigenvalue weighted by Gasteiger charge is -2.22. The van der Waals surface area contributed by atoms with Crippen LogP contribution < -0.4 is 5.32 Å². The quantitative estimate of drug-likeness (QED) is 0.504. The topological polar surface area (TPSA) is 55.2 Å². The van der Waals surface area contributed by atoms with Gasteiger partial charge in [0.25, 0.3) is 5.69 Å². The molecule has 1 aliphatic rings. The highest BCUT2D eigenvalue weighted by Crippen LogP contribution is 2.36. The monoisotopic (exact) mass is 364 g/mol. The minimum absolute atomic E-state index is 0.0388. The molecule has 0 bridgehead atoms. The summed E-state index contributed by atoms with van der Waals surface area (Å²) < 4.78 is 38.9. The summed E-state index contributed by atoms with van der Waals surface area (Å²) in [6, 6.07) is 10.1. The second-order valence-corrected chi connectivity index (χ2v) is 6.61. The molecule has 0 aliphatic heterocycles. The van der Waals surface area contributed by atoms with Crippen molar-refractivity contribution in [1.29, 1.82) is 0 Å². The van der Waals surface area contributed by atoms with E-state index in [1.807, 2.05) is 12.1 Å². The molecule has 26 heavy (non-hydrogen) atoms. The van der Waals surface area contributed by atoms with Gasteiger partial charge in [0.2, 0.25) is 0 Å². The predicted molar refractivity (Wildman–Crippen MR) is 93.6 cm³/mol. The molecule has 3 rings (SSSR count). The Kier molecular flexibility index (Phi) is 5.15. The minimum Gasteiger partial charge on any atom is -0.355 e. The third-order valence-electron chi connectivity index (χ3n) is 4.73. The van der Waals surface area contributed by atoms with Crippen LogP contribution in [-0.2, 0) is 6.18 Å². The van der Waals surface area contributed by atoms with Crippen LogP contribution in [0.25, 0.3) is 0 Å². The molecule has 2 aromatic rings. The zero-order valence-corrected chi connectivity index (χ0v) is 14.1. The fraction of sp³-hybridized carbons (Fsp3) is 0.368. The largest absolute Gasteiger partial charge is 0.416 e. The summed E-state index contributed by atoms with van der Waals surface area (Å²) >= 11 is 0. The maximum Gasteiger partial charge on any atom is 0.416 e. The van der Waals surface area contributed by atoms with Gasteiger partial charge in [0.1, 0.15) is 0 Å². The maximum absolute atomic E-state index is 13.0. The summed E-state index contributed by atoms with van der Waals surface area (Å²) in [6.45, 7) is 0. The summed E-state index contributed by atoms with van der Waals surface area (Å²) in [5, 5.41) is 13.8. The third-order valence-corrected chi connectivity index (χ3v) is 4.73. The van der Waals surface area contributed by atoms with Gasteiger partial charge in [-0.1, -0.05) is 31.4 Å². The van der Waals surface area contributed by atoms with Crippen molar-refractivity contribution in [1.82, 2.24) is 0 Å². The van der Waals surface area contributed by atoms with Crippen LogP contribution in [0.2, 0.25) is 0 Å². The molecule has 0 amide bonds. The Hall–Kier alpha value is -2.57. The Balaban J connectivity index is 1.81. The molecular formula is C19H19F3N2O2. The van der Waals surface area contributed by atoms with Gasteiger partial charge in [0.15, 0.2) is 0 Å². The van der Waals surface area contributed by atoms with Crippen LogP contribution >= 0.6 is 0 Å². The number of rotatable bonds is 4. The van der Waals surface area contributed by atoms with Gasteiger partial charge in [-0.25, -0.2) is 0 Å². The summed E-state index contributed by atoms with van der Waals surface area (Å²) in [7, 11) is 0. The molecule has 0 aromatic heterocycles. The van der Waals surface area contributed by atoms with Crippen molar-refractivity contribution in [2.75, 3.05) is 5.32 Å². The molecule has 1 saturated carbocycles. The van der Waals surface area contributed by atoms with E-state index in [4.69, 9.17) is 0 Å². The number of nitrogens with zero attached hydrogens (tertiary/aromatic N) is 1. The first-order chi connectivity index (χ1) is 12.3.